The molecule has 2 unspecified atom stereocenters. The number of aliphatic hydroxyl groups is 1. The van der Waals surface area contributed by atoms with E-state index in [1.807, 2.05) is 6.92 Å². The highest BCUT2D eigenvalue weighted by atomic mass is 16.4. The van der Waals surface area contributed by atoms with Crippen LogP contribution in [0.3, 0.4) is 0 Å². The SMILES string of the molecule is CCC1(C(=O)O)CCCN1C(=O)N1CCC(CCO)C1. The lowest BCUT2D eigenvalue weighted by Gasteiger charge is -2.36. The van der Waals surface area contributed by atoms with E-state index in [0.717, 1.165) is 12.8 Å². The summed E-state index contributed by atoms with van der Waals surface area (Å²) in [6.07, 6.45) is 3.34. The molecule has 2 amide bonds. The summed E-state index contributed by atoms with van der Waals surface area (Å²) >= 11 is 0. The van der Waals surface area contributed by atoms with E-state index in [-0.39, 0.29) is 12.6 Å². The van der Waals surface area contributed by atoms with Crippen LogP contribution in [0.25, 0.3) is 0 Å². The minimum atomic E-state index is -1.02. The standard InChI is InChI=1S/C14H24N2O4/c1-2-14(12(18)19)6-3-7-16(14)13(20)15-8-4-11(10-15)5-9-17/h11,17H,2-10H2,1H3,(H,18,19). The van der Waals surface area contributed by atoms with Gasteiger partial charge in [0.25, 0.3) is 0 Å². The molecule has 2 rings (SSSR count). The number of hydrogen-bond acceptors (Lipinski definition) is 3. The van der Waals surface area contributed by atoms with Gasteiger partial charge < -0.3 is 20.0 Å². The zero-order chi connectivity index (χ0) is 14.8. The van der Waals surface area contributed by atoms with E-state index < -0.39 is 11.5 Å². The molecule has 0 aromatic rings. The Kier molecular flexibility index (Phi) is 4.52. The average molecular weight is 284 g/mol. The van der Waals surface area contributed by atoms with E-state index in [1.165, 1.54) is 0 Å². The number of hydrogen-bond donors (Lipinski definition) is 2. The monoisotopic (exact) mass is 284 g/mol. The molecular weight excluding hydrogens is 260 g/mol. The lowest BCUT2D eigenvalue weighted by Crippen LogP contribution is -2.56. The number of urea groups is 1. The molecule has 2 heterocycles. The summed E-state index contributed by atoms with van der Waals surface area (Å²) in [5.74, 6) is -0.552. The van der Waals surface area contributed by atoms with Crippen molar-refractivity contribution in [2.24, 2.45) is 5.92 Å². The molecule has 0 bridgehead atoms. The first-order valence-electron chi connectivity index (χ1n) is 7.46. The number of aliphatic hydroxyl groups excluding tert-OH is 1. The summed E-state index contributed by atoms with van der Waals surface area (Å²) in [6, 6.07) is -0.146. The van der Waals surface area contributed by atoms with Gasteiger partial charge in [-0.3, -0.25) is 0 Å². The van der Waals surface area contributed by atoms with Gasteiger partial charge in [-0.05, 0) is 38.0 Å². The predicted molar refractivity (Wildman–Crippen MR) is 73.4 cm³/mol. The Bertz CT molecular complexity index is 387. The Morgan fingerprint density at radius 3 is 2.70 bits per heavy atom. The average Bonchev–Trinajstić information content (AvgIpc) is 3.05. The van der Waals surface area contributed by atoms with Crippen LogP contribution in [0, 0.1) is 5.92 Å². The zero-order valence-electron chi connectivity index (χ0n) is 12.0. The Labute approximate surface area is 119 Å². The third kappa shape index (κ3) is 2.49. The number of amides is 2. The van der Waals surface area contributed by atoms with Gasteiger partial charge in [-0.15, -0.1) is 0 Å². The molecule has 2 aliphatic rings. The number of carboxylic acids is 1. The maximum atomic E-state index is 12.6. The van der Waals surface area contributed by atoms with Gasteiger partial charge in [0, 0.05) is 26.2 Å². The molecular formula is C14H24N2O4. The normalized spacial score (nSPS) is 30.0. The Balaban J connectivity index is 2.07. The van der Waals surface area contributed by atoms with Crippen molar-refractivity contribution >= 4 is 12.0 Å². The molecule has 2 N–H and O–H groups in total. The Morgan fingerprint density at radius 2 is 2.10 bits per heavy atom. The zero-order valence-corrected chi connectivity index (χ0v) is 12.0. The van der Waals surface area contributed by atoms with Gasteiger partial charge in [-0.2, -0.15) is 0 Å². The molecule has 6 nitrogen and oxygen atoms in total. The van der Waals surface area contributed by atoms with Gasteiger partial charge in [-0.25, -0.2) is 9.59 Å². The molecule has 6 heteroatoms. The van der Waals surface area contributed by atoms with Crippen LogP contribution >= 0.6 is 0 Å². The van der Waals surface area contributed by atoms with E-state index in [9.17, 15) is 14.7 Å². The molecule has 0 spiro atoms. The summed E-state index contributed by atoms with van der Waals surface area (Å²) in [6.45, 7) is 3.80. The molecule has 2 atom stereocenters. The lowest BCUT2D eigenvalue weighted by molar-refractivity contribution is -0.148. The minimum absolute atomic E-state index is 0.143. The fraction of sp³-hybridized carbons (Fsp3) is 0.857. The number of nitrogens with zero attached hydrogens (tertiary/aromatic N) is 2. The summed E-state index contributed by atoms with van der Waals surface area (Å²) in [4.78, 5) is 27.5. The van der Waals surface area contributed by atoms with Gasteiger partial charge in [0.05, 0.1) is 0 Å². The van der Waals surface area contributed by atoms with Gasteiger partial charge in [0.15, 0.2) is 0 Å². The number of rotatable bonds is 4. The third-order valence-electron chi connectivity index (χ3n) is 4.80. The molecule has 0 aliphatic carbocycles. The van der Waals surface area contributed by atoms with Gasteiger partial charge >= 0.3 is 12.0 Å². The largest absolute Gasteiger partial charge is 0.479 e. The molecule has 0 aromatic heterocycles. The third-order valence-corrected chi connectivity index (χ3v) is 4.80. The predicted octanol–water partition coefficient (Wildman–Crippen LogP) is 1.14. The van der Waals surface area contributed by atoms with Crippen LogP contribution in [0.5, 0.6) is 0 Å². The summed E-state index contributed by atoms with van der Waals surface area (Å²) < 4.78 is 0. The van der Waals surface area contributed by atoms with Crippen LogP contribution in [0.1, 0.15) is 39.0 Å². The summed E-state index contributed by atoms with van der Waals surface area (Å²) in [5.41, 5.74) is -1.02. The number of likely N-dealkylation sites (tertiary alicyclic amines) is 2. The molecule has 0 aromatic carbocycles. The van der Waals surface area contributed by atoms with Crippen LogP contribution in [0.4, 0.5) is 4.79 Å². The van der Waals surface area contributed by atoms with Crippen molar-refractivity contribution in [1.29, 1.82) is 0 Å². The van der Waals surface area contributed by atoms with Crippen LogP contribution in [0.15, 0.2) is 0 Å². The van der Waals surface area contributed by atoms with Crippen molar-refractivity contribution in [1.82, 2.24) is 9.80 Å². The smallest absolute Gasteiger partial charge is 0.329 e. The number of carbonyl (C=O) groups excluding carboxylic acids is 1. The highest BCUT2D eigenvalue weighted by Crippen LogP contribution is 2.34. The molecule has 114 valence electrons. The molecule has 0 saturated carbocycles. The van der Waals surface area contributed by atoms with E-state index in [0.29, 0.717) is 44.8 Å². The molecule has 0 radical (unpaired) electrons. The van der Waals surface area contributed by atoms with Gasteiger partial charge in [-0.1, -0.05) is 6.92 Å². The number of carboxylic acid groups (broad SMARTS) is 1. The van der Waals surface area contributed by atoms with Crippen LogP contribution in [-0.4, -0.2) is 63.8 Å². The quantitative estimate of drug-likeness (QED) is 0.811. The van der Waals surface area contributed by atoms with E-state index in [2.05, 4.69) is 0 Å². The Morgan fingerprint density at radius 1 is 1.35 bits per heavy atom. The van der Waals surface area contributed by atoms with Crippen molar-refractivity contribution < 1.29 is 19.8 Å². The van der Waals surface area contributed by atoms with Crippen molar-refractivity contribution in [2.75, 3.05) is 26.2 Å². The number of aliphatic carboxylic acids is 1. The Hall–Kier alpha value is -1.30. The molecule has 2 saturated heterocycles. The van der Waals surface area contributed by atoms with Crippen LogP contribution in [-0.2, 0) is 4.79 Å². The summed E-state index contributed by atoms with van der Waals surface area (Å²) in [7, 11) is 0. The molecule has 2 fully saturated rings. The fourth-order valence-corrected chi connectivity index (χ4v) is 3.49. The first kappa shape index (κ1) is 15.1. The van der Waals surface area contributed by atoms with Crippen LogP contribution < -0.4 is 0 Å². The topological polar surface area (TPSA) is 81.1 Å². The van der Waals surface area contributed by atoms with E-state index >= 15 is 0 Å². The maximum absolute atomic E-state index is 12.6. The second kappa shape index (κ2) is 5.99. The molecule has 2 aliphatic heterocycles. The second-order valence-electron chi connectivity index (χ2n) is 5.84. The highest BCUT2D eigenvalue weighted by Gasteiger charge is 2.50. The second-order valence-corrected chi connectivity index (χ2v) is 5.84. The van der Waals surface area contributed by atoms with E-state index in [4.69, 9.17) is 5.11 Å². The number of carbonyl (C=O) groups is 2. The minimum Gasteiger partial charge on any atom is -0.479 e. The lowest BCUT2D eigenvalue weighted by atomic mass is 9.93. The van der Waals surface area contributed by atoms with Gasteiger partial charge in [0.1, 0.15) is 5.54 Å². The van der Waals surface area contributed by atoms with Crippen molar-refractivity contribution in [3.8, 4) is 0 Å². The highest BCUT2D eigenvalue weighted by molar-refractivity contribution is 5.87. The van der Waals surface area contributed by atoms with Gasteiger partial charge in [0.2, 0.25) is 0 Å². The first-order valence-corrected chi connectivity index (χ1v) is 7.46. The first-order chi connectivity index (χ1) is 9.55. The van der Waals surface area contributed by atoms with Crippen molar-refractivity contribution in [3.05, 3.63) is 0 Å². The van der Waals surface area contributed by atoms with Crippen LogP contribution in [0.2, 0.25) is 0 Å². The van der Waals surface area contributed by atoms with Crippen molar-refractivity contribution in [3.63, 3.8) is 0 Å². The fourth-order valence-electron chi connectivity index (χ4n) is 3.49. The van der Waals surface area contributed by atoms with E-state index in [1.54, 1.807) is 9.80 Å². The maximum Gasteiger partial charge on any atom is 0.329 e. The van der Waals surface area contributed by atoms with Crippen molar-refractivity contribution in [2.45, 2.75) is 44.6 Å². The summed E-state index contributed by atoms with van der Waals surface area (Å²) in [5, 5.41) is 18.5. The molecule has 20 heavy (non-hydrogen) atoms.